The molecule has 3 heterocycles. The van der Waals surface area contributed by atoms with E-state index in [1.807, 2.05) is 60.7 Å². The van der Waals surface area contributed by atoms with Crippen molar-refractivity contribution in [3.63, 3.8) is 0 Å². The second kappa shape index (κ2) is 19.1. The van der Waals surface area contributed by atoms with Crippen molar-refractivity contribution in [2.75, 3.05) is 69.1 Å². The smallest absolute Gasteiger partial charge is 0.293 e. The number of H-pyrrole nitrogens is 1. The monoisotopic (exact) mass is 929 g/mol. The molecule has 6 aromatic rings. The molecule has 0 atom stereocenters. The molecule has 3 N–H and O–H groups in total. The predicted molar refractivity (Wildman–Crippen MR) is 264 cm³/mol. The first kappa shape index (κ1) is 45.2. The van der Waals surface area contributed by atoms with E-state index < -0.39 is 31.4 Å². The van der Waals surface area contributed by atoms with Crippen LogP contribution in [0, 0.1) is 15.5 Å². The molecular formula is C51H56ClN7O6S. The minimum Gasteiger partial charge on any atom is -0.456 e. The maximum atomic E-state index is 14.2. The van der Waals surface area contributed by atoms with Gasteiger partial charge in [-0.15, -0.1) is 0 Å². The fraction of sp³-hybridized carbons (Fsp3) is 0.353. The number of carbonyl (C=O) groups excluding carboxylic acids is 1. The lowest BCUT2D eigenvalue weighted by molar-refractivity contribution is -0.384. The molecule has 2 fully saturated rings. The van der Waals surface area contributed by atoms with E-state index in [1.54, 1.807) is 12.1 Å². The van der Waals surface area contributed by atoms with Gasteiger partial charge in [-0.1, -0.05) is 67.4 Å². The lowest BCUT2D eigenvalue weighted by Crippen LogP contribution is -2.47. The number of para-hydroxylation sites is 1. The van der Waals surface area contributed by atoms with Gasteiger partial charge in [0.2, 0.25) is 0 Å². The number of hydrogen-bond acceptors (Lipinski definition) is 10. The Hall–Kier alpha value is -5.93. The minimum atomic E-state index is -4.56. The van der Waals surface area contributed by atoms with Gasteiger partial charge >= 0.3 is 0 Å². The highest BCUT2D eigenvalue weighted by atomic mass is 35.5. The molecule has 0 bridgehead atoms. The molecule has 1 aromatic heterocycles. The van der Waals surface area contributed by atoms with Crippen molar-refractivity contribution >= 4 is 72.0 Å². The van der Waals surface area contributed by atoms with E-state index in [1.165, 1.54) is 41.7 Å². The number of aromatic nitrogens is 1. The number of fused-ring (bicyclic) bond motifs is 3. The number of anilines is 2. The molecule has 3 aliphatic rings. The van der Waals surface area contributed by atoms with Crippen LogP contribution in [0.15, 0.2) is 114 Å². The number of rotatable bonds is 15. The number of amides is 1. The zero-order valence-corrected chi connectivity index (χ0v) is 39.0. The summed E-state index contributed by atoms with van der Waals surface area (Å²) in [5, 5.41) is 17.8. The number of sulfonamides is 1. The highest BCUT2D eigenvalue weighted by Gasteiger charge is 2.31. The summed E-state index contributed by atoms with van der Waals surface area (Å²) in [6.45, 7) is 12.2. The number of nitro benzene ring substituents is 1. The first-order valence-electron chi connectivity index (χ1n) is 22.9. The minimum absolute atomic E-state index is 0.00881. The van der Waals surface area contributed by atoms with Crippen LogP contribution in [-0.4, -0.2) is 92.9 Å². The van der Waals surface area contributed by atoms with Crippen LogP contribution in [0.2, 0.25) is 5.02 Å². The van der Waals surface area contributed by atoms with Crippen molar-refractivity contribution in [1.29, 1.82) is 0 Å². The maximum absolute atomic E-state index is 14.2. The van der Waals surface area contributed by atoms with Crippen molar-refractivity contribution < 1.29 is 22.9 Å². The number of nitrogens with one attached hydrogen (secondary N) is 3. The zero-order chi connectivity index (χ0) is 46.0. The third-order valence-electron chi connectivity index (χ3n) is 13.3. The largest absolute Gasteiger partial charge is 0.456 e. The number of halogens is 1. The van der Waals surface area contributed by atoms with E-state index in [4.69, 9.17) is 16.3 Å². The summed E-state index contributed by atoms with van der Waals surface area (Å²) in [4.78, 5) is 35.9. The Balaban J connectivity index is 0.960. The summed E-state index contributed by atoms with van der Waals surface area (Å²) < 4.78 is 36.6. The van der Waals surface area contributed by atoms with Gasteiger partial charge in [0.25, 0.3) is 21.6 Å². The number of likely N-dealkylation sites (tertiary alicyclic amines) is 1. The standard InChI is InChI=1S/C51H56ClN7O6S/c1-51(2)22-21-36(42(33-51)35-13-15-37(52)16-14-35)34-57-27-29-58(30-28-57)38-17-19-41(48(31-38)65-47-12-7-11-45-49(47)40-9-3-4-10-43(40)54-45)50(60)55-66(63,64)39-18-20-44(46(32-39)59(61)62)53-23-8-26-56-24-5-6-25-56/h3-4,7,9-20,31-32,53-54H,5-6,8,21-30,33-34H2,1-2H3,(H,55,60). The van der Waals surface area contributed by atoms with Crippen LogP contribution in [0.4, 0.5) is 17.1 Å². The van der Waals surface area contributed by atoms with Gasteiger partial charge in [0, 0.05) is 73.0 Å². The first-order chi connectivity index (χ1) is 31.8. The summed E-state index contributed by atoms with van der Waals surface area (Å²) in [5.41, 5.74) is 6.75. The Morgan fingerprint density at radius 3 is 2.39 bits per heavy atom. The Labute approximate surface area is 391 Å². The first-order valence-corrected chi connectivity index (χ1v) is 24.7. The molecule has 15 heteroatoms. The van der Waals surface area contributed by atoms with Crippen LogP contribution >= 0.6 is 11.6 Å². The number of aromatic amines is 1. The van der Waals surface area contributed by atoms with Crippen LogP contribution in [0.1, 0.15) is 68.3 Å². The molecule has 2 saturated heterocycles. The number of nitro groups is 1. The van der Waals surface area contributed by atoms with Gasteiger partial charge in [-0.05, 0) is 129 Å². The van der Waals surface area contributed by atoms with Gasteiger partial charge in [-0.3, -0.25) is 19.8 Å². The number of hydrogen-bond donors (Lipinski definition) is 3. The van der Waals surface area contributed by atoms with Gasteiger partial charge < -0.3 is 24.8 Å². The average molecular weight is 931 g/mol. The van der Waals surface area contributed by atoms with E-state index in [9.17, 15) is 23.3 Å². The molecule has 1 amide bonds. The van der Waals surface area contributed by atoms with Crippen LogP contribution < -0.4 is 19.7 Å². The number of ether oxygens (including phenoxy) is 1. The van der Waals surface area contributed by atoms with Crippen LogP contribution in [0.25, 0.3) is 27.4 Å². The molecule has 0 unspecified atom stereocenters. The van der Waals surface area contributed by atoms with E-state index in [2.05, 4.69) is 55.7 Å². The second-order valence-electron chi connectivity index (χ2n) is 18.5. The van der Waals surface area contributed by atoms with Crippen molar-refractivity contribution in [2.45, 2.75) is 57.3 Å². The van der Waals surface area contributed by atoms with Crippen molar-refractivity contribution in [3.05, 3.63) is 135 Å². The molecule has 0 saturated carbocycles. The van der Waals surface area contributed by atoms with Crippen molar-refractivity contribution in [2.24, 2.45) is 5.41 Å². The highest BCUT2D eigenvalue weighted by molar-refractivity contribution is 7.90. The third kappa shape index (κ3) is 10.1. The molecule has 0 spiro atoms. The molecule has 1 aliphatic carbocycles. The highest BCUT2D eigenvalue weighted by Crippen LogP contribution is 2.44. The topological polar surface area (TPSA) is 153 Å². The van der Waals surface area contributed by atoms with Crippen LogP contribution in [-0.2, 0) is 10.0 Å². The van der Waals surface area contributed by atoms with Gasteiger partial charge in [-0.2, -0.15) is 0 Å². The molecule has 13 nitrogen and oxygen atoms in total. The summed E-state index contributed by atoms with van der Waals surface area (Å²) >= 11 is 6.27. The van der Waals surface area contributed by atoms with E-state index >= 15 is 0 Å². The average Bonchev–Trinajstić information content (AvgIpc) is 3.97. The molecular weight excluding hydrogens is 874 g/mol. The summed E-state index contributed by atoms with van der Waals surface area (Å²) in [7, 11) is -4.56. The van der Waals surface area contributed by atoms with Crippen LogP contribution in [0.5, 0.6) is 11.5 Å². The van der Waals surface area contributed by atoms with E-state index in [-0.39, 0.29) is 22.4 Å². The summed E-state index contributed by atoms with van der Waals surface area (Å²) in [6.07, 6.45) is 6.34. The normalized spacial score (nSPS) is 17.1. The zero-order valence-electron chi connectivity index (χ0n) is 37.4. The number of benzene rings is 5. The fourth-order valence-electron chi connectivity index (χ4n) is 9.70. The summed E-state index contributed by atoms with van der Waals surface area (Å²) in [6, 6.07) is 30.6. The predicted octanol–water partition coefficient (Wildman–Crippen LogP) is 10.5. The lowest BCUT2D eigenvalue weighted by Gasteiger charge is -2.39. The Kier molecular flexibility index (Phi) is 13.1. The number of allylic oxidation sites excluding steroid dienone is 1. The van der Waals surface area contributed by atoms with E-state index in [0.29, 0.717) is 12.3 Å². The maximum Gasteiger partial charge on any atom is 0.293 e. The molecule has 66 heavy (non-hydrogen) atoms. The number of nitrogens with zero attached hydrogens (tertiary/aromatic N) is 4. The molecule has 344 valence electrons. The Bertz CT molecular complexity index is 2920. The molecule has 5 aromatic carbocycles. The third-order valence-corrected chi connectivity index (χ3v) is 14.9. The summed E-state index contributed by atoms with van der Waals surface area (Å²) in [5.74, 6) is -0.273. The van der Waals surface area contributed by atoms with E-state index in [0.717, 1.165) is 117 Å². The van der Waals surface area contributed by atoms with Gasteiger partial charge in [0.1, 0.15) is 17.2 Å². The van der Waals surface area contributed by atoms with Crippen LogP contribution in [0.3, 0.4) is 0 Å². The van der Waals surface area contributed by atoms with Crippen molar-refractivity contribution in [3.8, 4) is 11.5 Å². The lowest BCUT2D eigenvalue weighted by atomic mass is 9.72. The Morgan fingerprint density at radius 1 is 0.864 bits per heavy atom. The number of carbonyl (C=O) groups is 1. The Morgan fingerprint density at radius 2 is 1.62 bits per heavy atom. The van der Waals surface area contributed by atoms with Crippen molar-refractivity contribution in [1.82, 2.24) is 19.5 Å². The number of piperazine rings is 1. The molecule has 0 radical (unpaired) electrons. The van der Waals surface area contributed by atoms with Gasteiger partial charge in [0.05, 0.1) is 26.3 Å². The fourth-order valence-corrected chi connectivity index (χ4v) is 10.8. The van der Waals surface area contributed by atoms with Gasteiger partial charge in [0.15, 0.2) is 0 Å². The van der Waals surface area contributed by atoms with Gasteiger partial charge in [-0.25, -0.2) is 13.1 Å². The quantitative estimate of drug-likeness (QED) is 0.0515. The second-order valence-corrected chi connectivity index (χ2v) is 20.6. The molecule has 9 rings (SSSR count). The SMILES string of the molecule is CC1(C)CCC(CN2CCN(c3ccc(C(=O)NS(=O)(=O)c4ccc(NCCCN5CCCC5)c([N+](=O)[O-])c4)c(Oc4cccc5[nH]c6ccccc6c45)c3)CC2)=C(c2ccc(Cl)cc2)C1. The molecule has 2 aliphatic heterocycles.